The van der Waals surface area contributed by atoms with Gasteiger partial charge in [-0.05, 0) is 13.3 Å². The topological polar surface area (TPSA) is 54.4 Å². The highest BCUT2D eigenvalue weighted by atomic mass is 32.1. The third kappa shape index (κ3) is 2.36. The Balaban J connectivity index is 1.91. The minimum absolute atomic E-state index is 0.106. The Morgan fingerprint density at radius 2 is 2.56 bits per heavy atom. The summed E-state index contributed by atoms with van der Waals surface area (Å²) in [6.45, 7) is 5.13. The fourth-order valence-corrected chi connectivity index (χ4v) is 2.57. The molecule has 2 atom stereocenters. The summed E-state index contributed by atoms with van der Waals surface area (Å²) in [5.74, 6) is 0. The van der Waals surface area contributed by atoms with Crippen molar-refractivity contribution in [2.45, 2.75) is 38.4 Å². The van der Waals surface area contributed by atoms with Gasteiger partial charge in [0.05, 0.1) is 11.8 Å². The first-order valence-electron chi connectivity index (χ1n) is 5.66. The zero-order valence-corrected chi connectivity index (χ0v) is 10.5. The molecular weight excluding hydrogens is 224 g/mol. The second kappa shape index (κ2) is 4.69. The maximum atomic E-state index is 10.3. The van der Waals surface area contributed by atoms with Crippen molar-refractivity contribution >= 4 is 16.5 Å². The molecule has 0 bridgehead atoms. The molecule has 0 aromatic carbocycles. The summed E-state index contributed by atoms with van der Waals surface area (Å²) in [6, 6.07) is 0. The van der Waals surface area contributed by atoms with Gasteiger partial charge in [-0.25, -0.2) is 4.98 Å². The summed E-state index contributed by atoms with van der Waals surface area (Å²) < 4.78 is 5.38. The molecule has 16 heavy (non-hydrogen) atoms. The first-order chi connectivity index (χ1) is 7.64. The number of nitrogens with one attached hydrogen (secondary N) is 1. The lowest BCUT2D eigenvalue weighted by Crippen LogP contribution is -2.43. The number of aliphatic hydroxyl groups is 1. The monoisotopic (exact) mass is 242 g/mol. The summed E-state index contributed by atoms with van der Waals surface area (Å²) >= 11 is 1.58. The van der Waals surface area contributed by atoms with Gasteiger partial charge in [0.1, 0.15) is 5.60 Å². The molecule has 1 aliphatic rings. The summed E-state index contributed by atoms with van der Waals surface area (Å²) in [5, 5.41) is 16.4. The summed E-state index contributed by atoms with van der Waals surface area (Å²) in [4.78, 5) is 4.40. The molecule has 1 saturated heterocycles. The van der Waals surface area contributed by atoms with Crippen LogP contribution in [0.15, 0.2) is 5.38 Å². The minimum atomic E-state index is -0.752. The normalized spacial score (nSPS) is 29.6. The van der Waals surface area contributed by atoms with Crippen LogP contribution in [0.1, 0.15) is 26.0 Å². The van der Waals surface area contributed by atoms with E-state index in [1.807, 2.05) is 12.3 Å². The maximum Gasteiger partial charge on any atom is 0.182 e. The molecule has 0 amide bonds. The standard InChI is InChI=1S/C11H18N2O2S/c1-3-9-6-16-10(13-9)12-7-11(14)4-5-15-8(11)2/h6,8,14H,3-5,7H2,1-2H3,(H,12,13). The van der Waals surface area contributed by atoms with Gasteiger partial charge < -0.3 is 15.2 Å². The summed E-state index contributed by atoms with van der Waals surface area (Å²) in [6.07, 6.45) is 1.53. The predicted molar refractivity (Wildman–Crippen MR) is 65.0 cm³/mol. The van der Waals surface area contributed by atoms with E-state index < -0.39 is 5.60 Å². The van der Waals surface area contributed by atoms with E-state index in [0.717, 1.165) is 17.2 Å². The lowest BCUT2D eigenvalue weighted by Gasteiger charge is -2.25. The number of anilines is 1. The zero-order valence-electron chi connectivity index (χ0n) is 9.69. The van der Waals surface area contributed by atoms with Crippen LogP contribution in [0, 0.1) is 0 Å². The van der Waals surface area contributed by atoms with Crippen LogP contribution in [-0.2, 0) is 11.2 Å². The molecule has 5 heteroatoms. The van der Waals surface area contributed by atoms with Gasteiger partial charge in [-0.2, -0.15) is 0 Å². The number of rotatable bonds is 4. The predicted octanol–water partition coefficient (Wildman–Crippen LogP) is 1.66. The Morgan fingerprint density at radius 1 is 1.75 bits per heavy atom. The molecule has 0 spiro atoms. The lowest BCUT2D eigenvalue weighted by atomic mass is 9.97. The minimum Gasteiger partial charge on any atom is -0.385 e. The smallest absolute Gasteiger partial charge is 0.182 e. The number of ether oxygens (including phenoxy) is 1. The maximum absolute atomic E-state index is 10.3. The van der Waals surface area contributed by atoms with Gasteiger partial charge in [-0.3, -0.25) is 0 Å². The Labute approximate surface area is 99.7 Å². The first kappa shape index (κ1) is 11.8. The van der Waals surface area contributed by atoms with Gasteiger partial charge >= 0.3 is 0 Å². The van der Waals surface area contributed by atoms with E-state index in [2.05, 4.69) is 17.2 Å². The number of nitrogens with zero attached hydrogens (tertiary/aromatic N) is 1. The van der Waals surface area contributed by atoms with Crippen molar-refractivity contribution in [3.05, 3.63) is 11.1 Å². The highest BCUT2D eigenvalue weighted by Crippen LogP contribution is 2.26. The molecule has 4 nitrogen and oxygen atoms in total. The first-order valence-corrected chi connectivity index (χ1v) is 6.54. The Hall–Kier alpha value is -0.650. The van der Waals surface area contributed by atoms with Crippen molar-refractivity contribution in [1.82, 2.24) is 4.98 Å². The van der Waals surface area contributed by atoms with E-state index in [0.29, 0.717) is 19.6 Å². The highest BCUT2D eigenvalue weighted by Gasteiger charge is 2.39. The van der Waals surface area contributed by atoms with E-state index in [4.69, 9.17) is 4.74 Å². The van der Waals surface area contributed by atoms with Gasteiger partial charge in [-0.1, -0.05) is 6.92 Å². The number of aromatic nitrogens is 1. The van der Waals surface area contributed by atoms with Crippen molar-refractivity contribution in [2.75, 3.05) is 18.5 Å². The number of hydrogen-bond acceptors (Lipinski definition) is 5. The Bertz CT molecular complexity index is 356. The van der Waals surface area contributed by atoms with Crippen molar-refractivity contribution in [3.8, 4) is 0 Å². The van der Waals surface area contributed by atoms with Crippen LogP contribution < -0.4 is 5.32 Å². The number of hydrogen-bond donors (Lipinski definition) is 2. The number of aryl methyl sites for hydroxylation is 1. The van der Waals surface area contributed by atoms with Gasteiger partial charge in [0.2, 0.25) is 0 Å². The van der Waals surface area contributed by atoms with E-state index in [9.17, 15) is 5.11 Å². The molecule has 0 aliphatic carbocycles. The van der Waals surface area contributed by atoms with Gasteiger partial charge in [0.25, 0.3) is 0 Å². The van der Waals surface area contributed by atoms with E-state index in [1.165, 1.54) is 0 Å². The van der Waals surface area contributed by atoms with E-state index in [1.54, 1.807) is 11.3 Å². The second-order valence-electron chi connectivity index (χ2n) is 4.22. The summed E-state index contributed by atoms with van der Waals surface area (Å²) in [7, 11) is 0. The molecule has 2 rings (SSSR count). The fraction of sp³-hybridized carbons (Fsp3) is 0.727. The molecule has 2 unspecified atom stereocenters. The van der Waals surface area contributed by atoms with Crippen LogP contribution in [0.25, 0.3) is 0 Å². The fourth-order valence-electron chi connectivity index (χ4n) is 1.78. The zero-order chi connectivity index (χ0) is 11.6. The van der Waals surface area contributed by atoms with Crippen LogP contribution in [0.2, 0.25) is 0 Å². The van der Waals surface area contributed by atoms with Crippen molar-refractivity contribution in [2.24, 2.45) is 0 Å². The largest absolute Gasteiger partial charge is 0.385 e. The number of thiazole rings is 1. The van der Waals surface area contributed by atoms with Crippen LogP contribution in [-0.4, -0.2) is 34.9 Å². The Morgan fingerprint density at radius 3 is 3.12 bits per heavy atom. The van der Waals surface area contributed by atoms with Crippen molar-refractivity contribution < 1.29 is 9.84 Å². The molecule has 2 N–H and O–H groups in total. The third-order valence-electron chi connectivity index (χ3n) is 3.12. The Kier molecular flexibility index (Phi) is 3.47. The molecule has 0 radical (unpaired) electrons. The van der Waals surface area contributed by atoms with Crippen LogP contribution in [0.4, 0.5) is 5.13 Å². The van der Waals surface area contributed by atoms with Crippen LogP contribution in [0.5, 0.6) is 0 Å². The second-order valence-corrected chi connectivity index (χ2v) is 5.08. The molecule has 90 valence electrons. The molecule has 1 aromatic rings. The average Bonchev–Trinajstić information content (AvgIpc) is 2.85. The highest BCUT2D eigenvalue weighted by molar-refractivity contribution is 7.13. The van der Waals surface area contributed by atoms with E-state index in [-0.39, 0.29) is 6.10 Å². The van der Waals surface area contributed by atoms with Gasteiger partial charge in [-0.15, -0.1) is 11.3 Å². The molecule has 1 fully saturated rings. The molecular formula is C11H18N2O2S. The van der Waals surface area contributed by atoms with Crippen LogP contribution >= 0.6 is 11.3 Å². The van der Waals surface area contributed by atoms with Crippen molar-refractivity contribution in [1.29, 1.82) is 0 Å². The van der Waals surface area contributed by atoms with E-state index >= 15 is 0 Å². The lowest BCUT2D eigenvalue weighted by molar-refractivity contribution is -0.0175. The molecule has 1 aromatic heterocycles. The van der Waals surface area contributed by atoms with Crippen LogP contribution in [0.3, 0.4) is 0 Å². The molecule has 1 aliphatic heterocycles. The summed E-state index contributed by atoms with van der Waals surface area (Å²) in [5.41, 5.74) is 0.341. The van der Waals surface area contributed by atoms with Gasteiger partial charge in [0.15, 0.2) is 5.13 Å². The molecule has 2 heterocycles. The third-order valence-corrected chi connectivity index (χ3v) is 3.97. The average molecular weight is 242 g/mol. The van der Waals surface area contributed by atoms with Gasteiger partial charge in [0, 0.05) is 25.0 Å². The van der Waals surface area contributed by atoms with Crippen molar-refractivity contribution in [3.63, 3.8) is 0 Å². The quantitative estimate of drug-likeness (QED) is 0.843. The SMILES string of the molecule is CCc1csc(NCC2(O)CCOC2C)n1. The molecule has 0 saturated carbocycles.